The van der Waals surface area contributed by atoms with E-state index in [1.807, 2.05) is 0 Å². The van der Waals surface area contributed by atoms with Crippen LogP contribution in [0.1, 0.15) is 11.3 Å². The predicted octanol–water partition coefficient (Wildman–Crippen LogP) is 3.39. The zero-order chi connectivity index (χ0) is 19.6. The molecule has 140 valence electrons. The Morgan fingerprint density at radius 1 is 1.11 bits per heavy atom. The van der Waals surface area contributed by atoms with Gasteiger partial charge in [-0.15, -0.1) is 0 Å². The normalized spacial score (nSPS) is 11.6. The molecule has 0 spiro atoms. The number of hydrogen-bond donors (Lipinski definition) is 1. The molecular weight excluding hydrogens is 383 g/mol. The minimum absolute atomic E-state index is 0.0247. The first-order valence-electron chi connectivity index (χ1n) is 7.84. The summed E-state index contributed by atoms with van der Waals surface area (Å²) in [6.07, 6.45) is -4.92. The number of hydrogen-bond acceptors (Lipinski definition) is 3. The molecule has 1 heterocycles. The second-order valence-electron chi connectivity index (χ2n) is 5.71. The van der Waals surface area contributed by atoms with E-state index in [0.29, 0.717) is 10.6 Å². The molecule has 3 rings (SSSR count). The van der Waals surface area contributed by atoms with Crippen LogP contribution in [-0.4, -0.2) is 15.5 Å². The average Bonchev–Trinajstić information content (AvgIpc) is 2.62. The van der Waals surface area contributed by atoms with Crippen molar-refractivity contribution in [1.29, 1.82) is 0 Å². The number of nitrogens with zero attached hydrogens (tertiary/aromatic N) is 2. The van der Waals surface area contributed by atoms with Crippen LogP contribution < -0.4 is 10.9 Å². The van der Waals surface area contributed by atoms with Crippen molar-refractivity contribution in [3.05, 3.63) is 75.2 Å². The highest BCUT2D eigenvalue weighted by Gasteiger charge is 2.37. The molecule has 27 heavy (non-hydrogen) atoms. The minimum Gasteiger partial charge on any atom is -0.350 e. The monoisotopic (exact) mass is 395 g/mol. The summed E-state index contributed by atoms with van der Waals surface area (Å²) in [5.41, 5.74) is -2.16. The van der Waals surface area contributed by atoms with Gasteiger partial charge in [0, 0.05) is 11.6 Å². The average molecular weight is 396 g/mol. The first-order chi connectivity index (χ1) is 12.8. The Labute approximate surface area is 156 Å². The number of halogens is 4. The van der Waals surface area contributed by atoms with Crippen molar-refractivity contribution in [3.8, 4) is 0 Å². The van der Waals surface area contributed by atoms with Crippen LogP contribution >= 0.6 is 11.6 Å². The van der Waals surface area contributed by atoms with Crippen molar-refractivity contribution in [2.45, 2.75) is 19.3 Å². The molecule has 0 fully saturated rings. The molecule has 1 aromatic heterocycles. The highest BCUT2D eigenvalue weighted by molar-refractivity contribution is 6.31. The van der Waals surface area contributed by atoms with Crippen LogP contribution in [0.4, 0.5) is 13.2 Å². The molecule has 0 unspecified atom stereocenters. The Morgan fingerprint density at radius 3 is 2.48 bits per heavy atom. The summed E-state index contributed by atoms with van der Waals surface area (Å²) >= 11 is 6.00. The number of benzene rings is 2. The number of alkyl halides is 3. The fraction of sp³-hybridized carbons (Fsp3) is 0.167. The van der Waals surface area contributed by atoms with Gasteiger partial charge in [-0.3, -0.25) is 14.2 Å². The first-order valence-corrected chi connectivity index (χ1v) is 8.22. The van der Waals surface area contributed by atoms with Gasteiger partial charge in [0.2, 0.25) is 11.6 Å². The Balaban J connectivity index is 1.92. The number of carbonyl (C=O) groups excluding carboxylic acids is 1. The zero-order valence-corrected chi connectivity index (χ0v) is 14.5. The molecule has 9 heteroatoms. The Hall–Kier alpha value is -2.87. The quantitative estimate of drug-likeness (QED) is 0.736. The van der Waals surface area contributed by atoms with E-state index in [1.165, 1.54) is 18.2 Å². The second kappa shape index (κ2) is 7.40. The molecule has 3 aromatic rings. The van der Waals surface area contributed by atoms with E-state index in [1.54, 1.807) is 30.3 Å². The van der Waals surface area contributed by atoms with Gasteiger partial charge in [-0.2, -0.15) is 13.2 Å². The summed E-state index contributed by atoms with van der Waals surface area (Å²) in [7, 11) is 0. The van der Waals surface area contributed by atoms with Gasteiger partial charge in [0.25, 0.3) is 5.56 Å². The van der Waals surface area contributed by atoms with Gasteiger partial charge >= 0.3 is 6.18 Å². The van der Waals surface area contributed by atoms with Crippen LogP contribution in [0.2, 0.25) is 5.02 Å². The molecule has 0 aliphatic rings. The van der Waals surface area contributed by atoms with Crippen molar-refractivity contribution in [1.82, 2.24) is 14.9 Å². The van der Waals surface area contributed by atoms with Crippen LogP contribution in [0.25, 0.3) is 11.0 Å². The number of carbonyl (C=O) groups is 1. The fourth-order valence-electron chi connectivity index (χ4n) is 2.57. The number of amides is 1. The van der Waals surface area contributed by atoms with Crippen molar-refractivity contribution < 1.29 is 18.0 Å². The number of fused-ring (bicyclic) bond motifs is 1. The number of rotatable bonds is 4. The summed E-state index contributed by atoms with van der Waals surface area (Å²) in [4.78, 5) is 27.9. The lowest BCUT2D eigenvalue weighted by atomic mass is 10.2. The molecule has 0 saturated carbocycles. The third-order valence-corrected chi connectivity index (χ3v) is 4.23. The van der Waals surface area contributed by atoms with Gasteiger partial charge in [-0.05, 0) is 23.8 Å². The highest BCUT2D eigenvalue weighted by Crippen LogP contribution is 2.26. The maximum Gasteiger partial charge on any atom is 0.438 e. The summed E-state index contributed by atoms with van der Waals surface area (Å²) in [5.74, 6) is -0.624. The van der Waals surface area contributed by atoms with Crippen LogP contribution in [0.15, 0.2) is 53.3 Å². The van der Waals surface area contributed by atoms with Gasteiger partial charge in [0.1, 0.15) is 6.54 Å². The van der Waals surface area contributed by atoms with Crippen molar-refractivity contribution in [3.63, 3.8) is 0 Å². The molecule has 0 aliphatic heterocycles. The molecule has 1 amide bonds. The van der Waals surface area contributed by atoms with Crippen LogP contribution in [0.3, 0.4) is 0 Å². The lowest BCUT2D eigenvalue weighted by molar-refractivity contribution is -0.142. The number of para-hydroxylation sites is 2. The summed E-state index contributed by atoms with van der Waals surface area (Å²) in [6.45, 7) is -0.488. The van der Waals surface area contributed by atoms with Gasteiger partial charge in [-0.25, -0.2) is 4.98 Å². The SMILES string of the molecule is O=C(Cn1c(=O)c(C(F)(F)F)nc2ccccc21)NCc1ccccc1Cl. The fourth-order valence-corrected chi connectivity index (χ4v) is 2.77. The Kier molecular flexibility index (Phi) is 5.18. The maximum absolute atomic E-state index is 13.1. The minimum atomic E-state index is -4.92. The van der Waals surface area contributed by atoms with Crippen molar-refractivity contribution in [2.24, 2.45) is 0 Å². The lowest BCUT2D eigenvalue weighted by Gasteiger charge is -2.14. The lowest BCUT2D eigenvalue weighted by Crippen LogP contribution is -2.36. The molecule has 2 aromatic carbocycles. The van der Waals surface area contributed by atoms with Gasteiger partial charge < -0.3 is 5.32 Å². The van der Waals surface area contributed by atoms with E-state index in [-0.39, 0.29) is 17.6 Å². The molecule has 0 radical (unpaired) electrons. The van der Waals surface area contributed by atoms with Crippen molar-refractivity contribution >= 4 is 28.5 Å². The topological polar surface area (TPSA) is 64.0 Å². The molecular formula is C18H13ClF3N3O2. The molecule has 0 saturated heterocycles. The molecule has 0 aliphatic carbocycles. The Morgan fingerprint density at radius 2 is 1.78 bits per heavy atom. The van der Waals surface area contributed by atoms with E-state index in [9.17, 15) is 22.8 Å². The van der Waals surface area contributed by atoms with E-state index in [2.05, 4.69) is 10.3 Å². The van der Waals surface area contributed by atoms with Gasteiger partial charge in [-0.1, -0.05) is 41.9 Å². The number of nitrogens with one attached hydrogen (secondary N) is 1. The Bertz CT molecular complexity index is 1060. The van der Waals surface area contributed by atoms with E-state index in [4.69, 9.17) is 11.6 Å². The standard InChI is InChI=1S/C18H13ClF3N3O2/c19-12-6-2-1-5-11(12)9-23-15(26)10-25-14-8-4-3-7-13(14)24-16(17(25)27)18(20,21)22/h1-8H,9-10H2,(H,23,26). The highest BCUT2D eigenvalue weighted by atomic mass is 35.5. The molecule has 1 N–H and O–H groups in total. The molecule has 0 atom stereocenters. The summed E-state index contributed by atoms with van der Waals surface area (Å²) < 4.78 is 40.1. The predicted molar refractivity (Wildman–Crippen MR) is 94.3 cm³/mol. The summed E-state index contributed by atoms with van der Waals surface area (Å²) in [5, 5.41) is 3.00. The summed E-state index contributed by atoms with van der Waals surface area (Å²) in [6, 6.07) is 12.7. The van der Waals surface area contributed by atoms with E-state index < -0.39 is 29.9 Å². The smallest absolute Gasteiger partial charge is 0.350 e. The maximum atomic E-state index is 13.1. The first kappa shape index (κ1) is 18.9. The van der Waals surface area contributed by atoms with Crippen LogP contribution in [0, 0.1) is 0 Å². The van der Waals surface area contributed by atoms with Crippen LogP contribution in [-0.2, 0) is 24.1 Å². The third kappa shape index (κ3) is 4.11. The largest absolute Gasteiger partial charge is 0.438 e. The molecule has 5 nitrogen and oxygen atoms in total. The zero-order valence-electron chi connectivity index (χ0n) is 13.8. The van der Waals surface area contributed by atoms with Crippen LogP contribution in [0.5, 0.6) is 0 Å². The third-order valence-electron chi connectivity index (χ3n) is 3.86. The van der Waals surface area contributed by atoms with E-state index in [0.717, 1.165) is 4.57 Å². The molecule has 0 bridgehead atoms. The van der Waals surface area contributed by atoms with Gasteiger partial charge in [0.05, 0.1) is 11.0 Å². The van der Waals surface area contributed by atoms with Crippen molar-refractivity contribution in [2.75, 3.05) is 0 Å². The number of aromatic nitrogens is 2. The van der Waals surface area contributed by atoms with Gasteiger partial charge in [0.15, 0.2) is 0 Å². The second-order valence-corrected chi connectivity index (χ2v) is 6.11. The van der Waals surface area contributed by atoms with E-state index >= 15 is 0 Å².